The van der Waals surface area contributed by atoms with Crippen LogP contribution in [0.3, 0.4) is 0 Å². The number of carbonyl (C=O) groups excluding carboxylic acids is 2. The van der Waals surface area contributed by atoms with Crippen molar-refractivity contribution >= 4 is 17.4 Å². The van der Waals surface area contributed by atoms with Crippen molar-refractivity contribution < 1.29 is 24.0 Å². The third-order valence-electron chi connectivity index (χ3n) is 4.49. The van der Waals surface area contributed by atoms with E-state index in [4.69, 9.17) is 9.47 Å². The van der Waals surface area contributed by atoms with E-state index in [9.17, 15) is 9.59 Å². The van der Waals surface area contributed by atoms with Crippen LogP contribution in [0.25, 0.3) is 0 Å². The number of benzene rings is 2. The van der Waals surface area contributed by atoms with Gasteiger partial charge in [-0.05, 0) is 63.2 Å². The molecule has 0 aromatic heterocycles. The van der Waals surface area contributed by atoms with Gasteiger partial charge in [-0.2, -0.15) is 0 Å². The Hall–Kier alpha value is -2.86. The second-order valence-corrected chi connectivity index (χ2v) is 6.55. The number of quaternary nitrogens is 1. The van der Waals surface area contributed by atoms with Gasteiger partial charge < -0.3 is 19.7 Å². The number of nitrogens with one attached hydrogen (secondary N) is 2. The highest BCUT2D eigenvalue weighted by Crippen LogP contribution is 2.20. The topological polar surface area (TPSA) is 69.1 Å². The van der Waals surface area contributed by atoms with Crippen LogP contribution < -0.4 is 19.7 Å². The summed E-state index contributed by atoms with van der Waals surface area (Å²) in [4.78, 5) is 25.3. The molecule has 1 atom stereocenters. The molecule has 0 saturated carbocycles. The van der Waals surface area contributed by atoms with Crippen LogP contribution in [0.15, 0.2) is 42.5 Å². The molecule has 1 unspecified atom stereocenters. The number of rotatable bonds is 10. The van der Waals surface area contributed by atoms with E-state index in [2.05, 4.69) is 5.32 Å². The summed E-state index contributed by atoms with van der Waals surface area (Å²) in [7, 11) is 1.60. The zero-order valence-corrected chi connectivity index (χ0v) is 17.0. The van der Waals surface area contributed by atoms with E-state index in [1.165, 1.54) is 0 Å². The average Bonchev–Trinajstić information content (AvgIpc) is 2.69. The molecule has 0 heterocycles. The maximum Gasteiger partial charge on any atom is 0.279 e. The minimum Gasteiger partial charge on any atom is -0.497 e. The Morgan fingerprint density at radius 3 is 2.36 bits per heavy atom. The summed E-state index contributed by atoms with van der Waals surface area (Å²) in [6.45, 7) is 7.74. The number of amides is 1. The summed E-state index contributed by atoms with van der Waals surface area (Å²) in [5, 5.41) is 2.91. The van der Waals surface area contributed by atoms with E-state index in [0.29, 0.717) is 25.3 Å². The van der Waals surface area contributed by atoms with Crippen LogP contribution in [-0.2, 0) is 11.3 Å². The van der Waals surface area contributed by atoms with Crippen LogP contribution in [0.5, 0.6) is 11.5 Å². The first-order chi connectivity index (χ1) is 13.5. The van der Waals surface area contributed by atoms with E-state index >= 15 is 0 Å². The van der Waals surface area contributed by atoms with E-state index in [0.717, 1.165) is 34.2 Å². The maximum absolute atomic E-state index is 12.5. The van der Waals surface area contributed by atoms with Gasteiger partial charge in [0, 0.05) is 16.8 Å². The van der Waals surface area contributed by atoms with Crippen molar-refractivity contribution in [1.29, 1.82) is 0 Å². The van der Waals surface area contributed by atoms with Crippen molar-refractivity contribution in [2.75, 3.05) is 32.1 Å². The SMILES string of the molecule is CCOc1ccc(C(C)=O)cc1C[NH+](CC)CC(=O)Nc1ccc(OC)cc1. The first-order valence-electron chi connectivity index (χ1n) is 9.50. The lowest BCUT2D eigenvalue weighted by atomic mass is 10.1. The van der Waals surface area contributed by atoms with Crippen LogP contribution in [0.1, 0.15) is 36.7 Å². The second-order valence-electron chi connectivity index (χ2n) is 6.55. The van der Waals surface area contributed by atoms with E-state index in [1.54, 1.807) is 20.1 Å². The average molecular weight is 385 g/mol. The normalized spacial score (nSPS) is 11.6. The summed E-state index contributed by atoms with van der Waals surface area (Å²) < 4.78 is 10.8. The molecule has 0 aliphatic heterocycles. The Labute approximate surface area is 166 Å². The van der Waals surface area contributed by atoms with Gasteiger partial charge in [0.25, 0.3) is 5.91 Å². The van der Waals surface area contributed by atoms with Crippen molar-refractivity contribution in [2.24, 2.45) is 0 Å². The standard InChI is InChI=1S/C22H28N2O4/c1-5-24(15-22(26)23-19-8-10-20(27-4)11-9-19)14-18-13-17(16(3)25)7-12-21(18)28-6-2/h7-13H,5-6,14-15H2,1-4H3,(H,23,26)/p+1. The lowest BCUT2D eigenvalue weighted by Crippen LogP contribution is -3.11. The molecule has 2 N–H and O–H groups in total. The van der Waals surface area contributed by atoms with E-state index < -0.39 is 0 Å². The first-order valence-corrected chi connectivity index (χ1v) is 9.50. The molecule has 28 heavy (non-hydrogen) atoms. The van der Waals surface area contributed by atoms with Crippen molar-refractivity contribution in [1.82, 2.24) is 0 Å². The Kier molecular flexibility index (Phi) is 8.02. The summed E-state index contributed by atoms with van der Waals surface area (Å²) >= 11 is 0. The predicted octanol–water partition coefficient (Wildman–Crippen LogP) is 2.34. The number of hydrogen-bond acceptors (Lipinski definition) is 4. The Morgan fingerprint density at radius 1 is 1.07 bits per heavy atom. The molecule has 1 amide bonds. The van der Waals surface area contributed by atoms with Crippen LogP contribution in [0.2, 0.25) is 0 Å². The van der Waals surface area contributed by atoms with Gasteiger partial charge in [-0.25, -0.2) is 0 Å². The molecule has 2 rings (SSSR count). The molecule has 6 heteroatoms. The predicted molar refractivity (Wildman–Crippen MR) is 109 cm³/mol. The lowest BCUT2D eigenvalue weighted by molar-refractivity contribution is -0.903. The zero-order chi connectivity index (χ0) is 20.5. The molecular formula is C22H29N2O4+. The number of ether oxygens (including phenoxy) is 2. The highest BCUT2D eigenvalue weighted by atomic mass is 16.5. The van der Waals surface area contributed by atoms with Gasteiger partial charge in [0.2, 0.25) is 0 Å². The van der Waals surface area contributed by atoms with Crippen molar-refractivity contribution in [2.45, 2.75) is 27.3 Å². The Morgan fingerprint density at radius 2 is 1.79 bits per heavy atom. The monoisotopic (exact) mass is 385 g/mol. The summed E-state index contributed by atoms with van der Waals surface area (Å²) in [5.41, 5.74) is 2.31. The quantitative estimate of drug-likeness (QED) is 0.616. The summed E-state index contributed by atoms with van der Waals surface area (Å²) in [6, 6.07) is 12.7. The molecule has 150 valence electrons. The van der Waals surface area contributed by atoms with Crippen molar-refractivity contribution in [3.05, 3.63) is 53.6 Å². The van der Waals surface area contributed by atoms with Gasteiger partial charge in [-0.3, -0.25) is 9.59 Å². The fourth-order valence-corrected chi connectivity index (χ4v) is 2.92. The highest BCUT2D eigenvalue weighted by Gasteiger charge is 2.17. The number of ketones is 1. The number of methoxy groups -OCH3 is 1. The Balaban J connectivity index is 2.07. The number of anilines is 1. The van der Waals surface area contributed by atoms with Crippen LogP contribution in [-0.4, -0.2) is 38.5 Å². The number of Topliss-reactive ketones (excluding diaryl/α,β-unsaturated/α-hetero) is 1. The van der Waals surface area contributed by atoms with Gasteiger partial charge in [0.1, 0.15) is 18.0 Å². The molecule has 0 aliphatic rings. The van der Waals surface area contributed by atoms with Gasteiger partial charge in [-0.15, -0.1) is 0 Å². The third kappa shape index (κ3) is 6.09. The second kappa shape index (κ2) is 10.5. The smallest absolute Gasteiger partial charge is 0.279 e. The molecule has 2 aromatic carbocycles. The van der Waals surface area contributed by atoms with Gasteiger partial charge in [-0.1, -0.05) is 0 Å². The molecule has 0 radical (unpaired) electrons. The zero-order valence-electron chi connectivity index (χ0n) is 17.0. The molecule has 0 spiro atoms. The van der Waals surface area contributed by atoms with Gasteiger partial charge in [0.15, 0.2) is 12.3 Å². The minimum absolute atomic E-state index is 0.0135. The third-order valence-corrected chi connectivity index (χ3v) is 4.49. The molecular weight excluding hydrogens is 356 g/mol. The molecule has 0 bridgehead atoms. The molecule has 0 aliphatic carbocycles. The van der Waals surface area contributed by atoms with E-state index in [1.807, 2.05) is 50.2 Å². The van der Waals surface area contributed by atoms with Gasteiger partial charge >= 0.3 is 0 Å². The van der Waals surface area contributed by atoms with Gasteiger partial charge in [0.05, 0.1) is 20.3 Å². The number of hydrogen-bond donors (Lipinski definition) is 2. The Bertz CT molecular complexity index is 803. The summed E-state index contributed by atoms with van der Waals surface area (Å²) in [6.07, 6.45) is 0. The molecule has 6 nitrogen and oxygen atoms in total. The van der Waals surface area contributed by atoms with Crippen molar-refractivity contribution in [3.63, 3.8) is 0 Å². The minimum atomic E-state index is -0.0669. The maximum atomic E-state index is 12.5. The number of carbonyl (C=O) groups is 2. The molecule has 0 fully saturated rings. The molecule has 0 saturated heterocycles. The van der Waals surface area contributed by atoms with Crippen LogP contribution in [0.4, 0.5) is 5.69 Å². The summed E-state index contributed by atoms with van der Waals surface area (Å²) in [5.74, 6) is 1.45. The fourth-order valence-electron chi connectivity index (χ4n) is 2.92. The van der Waals surface area contributed by atoms with E-state index in [-0.39, 0.29) is 11.7 Å². The van der Waals surface area contributed by atoms with Crippen LogP contribution >= 0.6 is 0 Å². The number of likely N-dealkylation sites (N-methyl/N-ethyl adjacent to an activating group) is 1. The largest absolute Gasteiger partial charge is 0.497 e. The van der Waals surface area contributed by atoms with Crippen molar-refractivity contribution in [3.8, 4) is 11.5 Å². The highest BCUT2D eigenvalue weighted by molar-refractivity contribution is 5.94. The molecule has 2 aromatic rings. The van der Waals surface area contributed by atoms with Crippen LogP contribution in [0, 0.1) is 0 Å². The first kappa shape index (κ1) is 21.4. The fraction of sp³-hybridized carbons (Fsp3) is 0.364. The lowest BCUT2D eigenvalue weighted by Gasteiger charge is -2.19.